The Morgan fingerprint density at radius 1 is 1.38 bits per heavy atom. The number of aromatic nitrogens is 1. The van der Waals surface area contributed by atoms with Gasteiger partial charge in [0.1, 0.15) is 0 Å². The second kappa shape index (κ2) is 3.00. The van der Waals surface area contributed by atoms with Crippen molar-refractivity contribution in [2.45, 2.75) is 6.92 Å². The van der Waals surface area contributed by atoms with Crippen molar-refractivity contribution in [1.29, 1.82) is 0 Å². The van der Waals surface area contributed by atoms with E-state index >= 15 is 0 Å². The molecule has 0 bridgehead atoms. The first-order valence-electron chi connectivity index (χ1n) is 3.95. The van der Waals surface area contributed by atoms with E-state index in [0.717, 1.165) is 21.7 Å². The lowest BCUT2D eigenvalue weighted by atomic mass is 10.2. The van der Waals surface area contributed by atoms with E-state index in [1.54, 1.807) is 0 Å². The highest BCUT2D eigenvalue weighted by Gasteiger charge is 2.03. The maximum absolute atomic E-state index is 10.5. The van der Waals surface area contributed by atoms with Gasteiger partial charge < -0.3 is 4.98 Å². The van der Waals surface area contributed by atoms with Gasteiger partial charge in [-0.3, -0.25) is 4.79 Å². The average Bonchev–Trinajstić information content (AvgIpc) is 2.47. The third-order valence-electron chi connectivity index (χ3n) is 1.97. The van der Waals surface area contributed by atoms with Gasteiger partial charge >= 0.3 is 0 Å². The summed E-state index contributed by atoms with van der Waals surface area (Å²) in [6, 6.07) is 5.91. The molecule has 2 nitrogen and oxygen atoms in total. The number of halogens is 1. The number of aldehydes is 1. The molecule has 0 amide bonds. The average molecular weight is 238 g/mol. The van der Waals surface area contributed by atoms with E-state index in [4.69, 9.17) is 0 Å². The Bertz CT molecular complexity index is 473. The van der Waals surface area contributed by atoms with Crippen LogP contribution in [0, 0.1) is 6.92 Å². The molecule has 0 spiro atoms. The Labute approximate surface area is 84.1 Å². The number of nitrogens with one attached hydrogen (secondary N) is 1. The van der Waals surface area contributed by atoms with Gasteiger partial charge in [0, 0.05) is 9.86 Å². The van der Waals surface area contributed by atoms with Gasteiger partial charge in [-0.2, -0.15) is 0 Å². The number of aromatic amines is 1. The highest BCUT2D eigenvalue weighted by molar-refractivity contribution is 9.10. The zero-order valence-electron chi connectivity index (χ0n) is 7.10. The Balaban J connectivity index is 2.82. The lowest BCUT2D eigenvalue weighted by molar-refractivity contribution is 0.112. The summed E-state index contributed by atoms with van der Waals surface area (Å²) in [5.41, 5.74) is 2.77. The van der Waals surface area contributed by atoms with Crippen molar-refractivity contribution in [2.24, 2.45) is 0 Å². The first-order valence-corrected chi connectivity index (χ1v) is 4.74. The Morgan fingerprint density at radius 3 is 2.85 bits per heavy atom. The van der Waals surface area contributed by atoms with Gasteiger partial charge in [0.15, 0.2) is 6.29 Å². The largest absolute Gasteiger partial charge is 0.351 e. The van der Waals surface area contributed by atoms with Crippen molar-refractivity contribution in [2.75, 3.05) is 0 Å². The predicted molar refractivity (Wildman–Crippen MR) is 56.1 cm³/mol. The van der Waals surface area contributed by atoms with Crippen LogP contribution < -0.4 is 0 Å². The third kappa shape index (κ3) is 1.40. The van der Waals surface area contributed by atoms with E-state index in [1.807, 2.05) is 25.1 Å². The number of aryl methyl sites for hydroxylation is 1. The molecule has 0 aliphatic rings. The molecule has 0 aliphatic heterocycles. The molecular formula is C10H8BrNO. The number of benzene rings is 1. The molecule has 1 aromatic heterocycles. The summed E-state index contributed by atoms with van der Waals surface area (Å²) in [5.74, 6) is 0. The number of rotatable bonds is 1. The lowest BCUT2D eigenvalue weighted by Gasteiger charge is -1.96. The second-order valence-electron chi connectivity index (χ2n) is 3.05. The van der Waals surface area contributed by atoms with Gasteiger partial charge in [0.2, 0.25) is 0 Å². The summed E-state index contributed by atoms with van der Waals surface area (Å²) < 4.78 is 0.996. The van der Waals surface area contributed by atoms with Crippen LogP contribution in [0.15, 0.2) is 22.7 Å². The lowest BCUT2D eigenvalue weighted by Crippen LogP contribution is -1.77. The fourth-order valence-electron chi connectivity index (χ4n) is 1.43. The van der Waals surface area contributed by atoms with Gasteiger partial charge in [-0.15, -0.1) is 0 Å². The van der Waals surface area contributed by atoms with Gasteiger partial charge in [0.25, 0.3) is 0 Å². The van der Waals surface area contributed by atoms with Crippen LogP contribution in [0.2, 0.25) is 0 Å². The molecule has 0 unspecified atom stereocenters. The molecule has 0 aliphatic carbocycles. The summed E-state index contributed by atoms with van der Waals surface area (Å²) in [7, 11) is 0. The topological polar surface area (TPSA) is 32.9 Å². The van der Waals surface area contributed by atoms with E-state index < -0.39 is 0 Å². The molecule has 0 radical (unpaired) electrons. The number of hydrogen-bond acceptors (Lipinski definition) is 1. The summed E-state index contributed by atoms with van der Waals surface area (Å²) >= 11 is 3.44. The molecular weight excluding hydrogens is 230 g/mol. The first-order chi connectivity index (χ1) is 6.20. The highest BCUT2D eigenvalue weighted by atomic mass is 79.9. The zero-order chi connectivity index (χ0) is 9.42. The zero-order valence-corrected chi connectivity index (χ0v) is 8.68. The molecule has 3 heteroatoms. The van der Waals surface area contributed by atoms with Crippen molar-refractivity contribution in [3.63, 3.8) is 0 Å². The Morgan fingerprint density at radius 2 is 2.15 bits per heavy atom. The van der Waals surface area contributed by atoms with Crippen LogP contribution in [-0.2, 0) is 0 Å². The maximum atomic E-state index is 10.5. The summed E-state index contributed by atoms with van der Waals surface area (Å²) in [6.45, 7) is 2.03. The van der Waals surface area contributed by atoms with Crippen LogP contribution in [-0.4, -0.2) is 11.3 Å². The van der Waals surface area contributed by atoms with Gasteiger partial charge in [-0.25, -0.2) is 0 Å². The molecule has 0 saturated heterocycles. The minimum atomic E-state index is 0.612. The highest BCUT2D eigenvalue weighted by Crippen LogP contribution is 2.25. The number of carbonyl (C=O) groups excluding carboxylic acids is 1. The van der Waals surface area contributed by atoms with Crippen LogP contribution in [0.1, 0.15) is 16.1 Å². The summed E-state index contributed by atoms with van der Waals surface area (Å²) in [4.78, 5) is 13.6. The quantitative estimate of drug-likeness (QED) is 0.761. The minimum Gasteiger partial charge on any atom is -0.351 e. The number of hydrogen-bond donors (Lipinski definition) is 1. The van der Waals surface area contributed by atoms with E-state index in [9.17, 15) is 4.79 Å². The molecule has 0 atom stereocenters. The normalized spacial score (nSPS) is 10.6. The number of carbonyl (C=O) groups is 1. The molecule has 1 heterocycles. The fraction of sp³-hybridized carbons (Fsp3) is 0.100. The molecule has 1 aromatic carbocycles. The second-order valence-corrected chi connectivity index (χ2v) is 3.91. The molecule has 2 rings (SSSR count). The van der Waals surface area contributed by atoms with Crippen LogP contribution in [0.3, 0.4) is 0 Å². The van der Waals surface area contributed by atoms with Gasteiger partial charge in [0.05, 0.1) is 11.2 Å². The number of H-pyrrole nitrogens is 1. The molecule has 2 aromatic rings. The maximum Gasteiger partial charge on any atom is 0.166 e. The van der Waals surface area contributed by atoms with E-state index in [2.05, 4.69) is 20.9 Å². The van der Waals surface area contributed by atoms with Gasteiger partial charge in [-0.05, 0) is 46.6 Å². The van der Waals surface area contributed by atoms with Crippen LogP contribution >= 0.6 is 15.9 Å². The Hall–Kier alpha value is -1.09. The fourth-order valence-corrected chi connectivity index (χ4v) is 2.12. The van der Waals surface area contributed by atoms with Crippen molar-refractivity contribution < 1.29 is 4.79 Å². The van der Waals surface area contributed by atoms with Crippen LogP contribution in [0.4, 0.5) is 0 Å². The van der Waals surface area contributed by atoms with E-state index in [0.29, 0.717) is 5.69 Å². The first kappa shape index (κ1) is 8.51. The van der Waals surface area contributed by atoms with Crippen LogP contribution in [0.5, 0.6) is 0 Å². The van der Waals surface area contributed by atoms with Crippen molar-refractivity contribution in [1.82, 2.24) is 4.98 Å². The summed E-state index contributed by atoms with van der Waals surface area (Å²) in [5, 5.41) is 1.06. The van der Waals surface area contributed by atoms with E-state index in [1.165, 1.54) is 5.56 Å². The molecule has 13 heavy (non-hydrogen) atoms. The van der Waals surface area contributed by atoms with E-state index in [-0.39, 0.29) is 0 Å². The van der Waals surface area contributed by atoms with Crippen molar-refractivity contribution in [3.05, 3.63) is 33.9 Å². The smallest absolute Gasteiger partial charge is 0.166 e. The monoisotopic (exact) mass is 237 g/mol. The number of fused-ring (bicyclic) bond motifs is 1. The molecule has 0 saturated carbocycles. The predicted octanol–water partition coefficient (Wildman–Crippen LogP) is 3.05. The molecule has 0 fully saturated rings. The van der Waals surface area contributed by atoms with Gasteiger partial charge in [-0.1, -0.05) is 0 Å². The molecule has 1 N–H and O–H groups in total. The van der Waals surface area contributed by atoms with Crippen molar-refractivity contribution >= 4 is 33.1 Å². The summed E-state index contributed by atoms with van der Waals surface area (Å²) in [6.07, 6.45) is 0.821. The Kier molecular flexibility index (Phi) is 1.96. The minimum absolute atomic E-state index is 0.612. The van der Waals surface area contributed by atoms with Crippen molar-refractivity contribution in [3.8, 4) is 0 Å². The standard InChI is InChI=1S/C10H8BrNO/c1-6-2-7-4-8(5-13)12-10(7)9(11)3-6/h2-5,12H,1H3. The SMILES string of the molecule is Cc1cc(Br)c2[nH]c(C=O)cc2c1. The molecule has 66 valence electrons. The van der Waals surface area contributed by atoms with Crippen LogP contribution in [0.25, 0.3) is 10.9 Å². The third-order valence-corrected chi connectivity index (χ3v) is 2.60.